The summed E-state index contributed by atoms with van der Waals surface area (Å²) in [6.45, 7) is 0. The summed E-state index contributed by atoms with van der Waals surface area (Å²) in [5, 5.41) is 1.15. The van der Waals surface area contributed by atoms with E-state index in [1.165, 1.54) is 20.3 Å². The molecule has 0 radical (unpaired) electrons. The highest BCUT2D eigenvalue weighted by atomic mass is 31.2. The van der Waals surface area contributed by atoms with E-state index in [0.29, 0.717) is 24.6 Å². The van der Waals surface area contributed by atoms with Crippen molar-refractivity contribution in [2.45, 2.75) is 25.3 Å². The Morgan fingerprint density at radius 1 is 1.18 bits per heavy atom. The van der Waals surface area contributed by atoms with Crippen molar-refractivity contribution in [3.05, 3.63) is 11.4 Å². The Balaban J connectivity index is 3.06. The minimum Gasteiger partial charge on any atom is -0.451 e. The normalized spacial score (nSPS) is 18.2. The first-order chi connectivity index (χ1) is 10.4. The van der Waals surface area contributed by atoms with Gasteiger partial charge in [-0.1, -0.05) is 0 Å². The van der Waals surface area contributed by atoms with E-state index in [2.05, 4.69) is 9.47 Å². The van der Waals surface area contributed by atoms with E-state index in [0.717, 1.165) is 19.3 Å². The molecule has 0 aliphatic heterocycles. The summed E-state index contributed by atoms with van der Waals surface area (Å²) >= 11 is 0. The lowest BCUT2D eigenvalue weighted by Gasteiger charge is -2.30. The van der Waals surface area contributed by atoms with Crippen LogP contribution in [0, 0.1) is 0 Å². The monoisotopic (exact) mass is 337 g/mol. The number of carbonyl (C=O) groups excluding carboxylic acids is 2. The molecule has 0 saturated carbocycles. The van der Waals surface area contributed by atoms with Gasteiger partial charge in [0.2, 0.25) is 0 Å². The van der Waals surface area contributed by atoms with Gasteiger partial charge in [-0.25, -0.2) is 9.59 Å². The standard InChI is InChI=1S/C12H20NO8P/c1-17-11(14)13(21-12(15)18-2)9-6-5-7-10(8-9)22(16,19-3)20-4/h8-9H,5-7H2,1-4H3. The molecular weight excluding hydrogens is 317 g/mol. The molecule has 9 nitrogen and oxygen atoms in total. The van der Waals surface area contributed by atoms with Gasteiger partial charge in [0.15, 0.2) is 0 Å². The third kappa shape index (κ3) is 4.22. The van der Waals surface area contributed by atoms with Crippen LogP contribution in [0.3, 0.4) is 0 Å². The van der Waals surface area contributed by atoms with Gasteiger partial charge < -0.3 is 18.5 Å². The number of nitrogens with zero attached hydrogens (tertiary/aromatic N) is 1. The lowest BCUT2D eigenvalue weighted by Crippen LogP contribution is -2.42. The van der Waals surface area contributed by atoms with Crippen molar-refractivity contribution in [1.29, 1.82) is 0 Å². The van der Waals surface area contributed by atoms with E-state index in [1.807, 2.05) is 0 Å². The molecule has 1 amide bonds. The maximum absolute atomic E-state index is 12.4. The van der Waals surface area contributed by atoms with Crippen LogP contribution in [0.4, 0.5) is 9.59 Å². The number of hydroxylamine groups is 2. The SMILES string of the molecule is COC(=O)ON(C(=O)OC)C1C=C(P(=O)(OC)OC)CCC1. The molecule has 0 spiro atoms. The zero-order valence-corrected chi connectivity index (χ0v) is 13.8. The number of rotatable bonds is 4. The lowest BCUT2D eigenvalue weighted by molar-refractivity contribution is -0.121. The lowest BCUT2D eigenvalue weighted by atomic mass is 10.0. The molecule has 126 valence electrons. The minimum absolute atomic E-state index is 0.413. The number of hydrogen-bond acceptors (Lipinski definition) is 8. The molecule has 1 unspecified atom stereocenters. The van der Waals surface area contributed by atoms with Crippen molar-refractivity contribution in [2.75, 3.05) is 28.4 Å². The van der Waals surface area contributed by atoms with Gasteiger partial charge in [0.25, 0.3) is 0 Å². The number of hydrogen-bond donors (Lipinski definition) is 0. The fourth-order valence-corrected chi connectivity index (χ4v) is 3.46. The van der Waals surface area contributed by atoms with Crippen LogP contribution in [0.5, 0.6) is 0 Å². The molecule has 0 aromatic carbocycles. The van der Waals surface area contributed by atoms with Crippen LogP contribution in [0.2, 0.25) is 0 Å². The van der Waals surface area contributed by atoms with Crippen molar-refractivity contribution < 1.29 is 37.5 Å². The van der Waals surface area contributed by atoms with Crippen molar-refractivity contribution in [3.8, 4) is 0 Å². The minimum atomic E-state index is -3.40. The third-order valence-electron chi connectivity index (χ3n) is 3.15. The second kappa shape index (κ2) is 8.17. The molecular formula is C12H20NO8P. The Labute approximate surface area is 128 Å². The number of methoxy groups -OCH3 is 2. The van der Waals surface area contributed by atoms with Crippen LogP contribution in [0.15, 0.2) is 11.4 Å². The van der Waals surface area contributed by atoms with E-state index in [4.69, 9.17) is 13.9 Å². The van der Waals surface area contributed by atoms with E-state index in [9.17, 15) is 14.2 Å². The van der Waals surface area contributed by atoms with Gasteiger partial charge in [-0.3, -0.25) is 9.40 Å². The molecule has 0 fully saturated rings. The predicted octanol–water partition coefficient (Wildman–Crippen LogP) is 2.68. The average molecular weight is 337 g/mol. The summed E-state index contributed by atoms with van der Waals surface area (Å²) in [6, 6.07) is -0.658. The Bertz CT molecular complexity index is 484. The summed E-state index contributed by atoms with van der Waals surface area (Å²) in [6.07, 6.45) is 1.17. The second-order valence-corrected chi connectivity index (χ2v) is 6.62. The number of ether oxygens (including phenoxy) is 2. The van der Waals surface area contributed by atoms with E-state index < -0.39 is 25.9 Å². The third-order valence-corrected chi connectivity index (χ3v) is 5.18. The topological polar surface area (TPSA) is 101 Å². The summed E-state index contributed by atoms with van der Waals surface area (Å²) in [5.74, 6) is 0. The van der Waals surface area contributed by atoms with Gasteiger partial charge in [-0.2, -0.15) is 0 Å². The first kappa shape index (κ1) is 18.5. The Kier molecular flexibility index (Phi) is 6.86. The van der Waals surface area contributed by atoms with Crippen molar-refractivity contribution in [1.82, 2.24) is 5.06 Å². The van der Waals surface area contributed by atoms with E-state index >= 15 is 0 Å². The first-order valence-corrected chi connectivity index (χ1v) is 8.02. The molecule has 0 aromatic heterocycles. The zero-order valence-electron chi connectivity index (χ0n) is 12.9. The summed E-state index contributed by atoms with van der Waals surface area (Å²) < 4.78 is 31.2. The number of amides is 1. The van der Waals surface area contributed by atoms with Gasteiger partial charge in [0, 0.05) is 19.5 Å². The fraction of sp³-hybridized carbons (Fsp3) is 0.667. The van der Waals surface area contributed by atoms with Crippen LogP contribution < -0.4 is 0 Å². The quantitative estimate of drug-likeness (QED) is 0.438. The highest BCUT2D eigenvalue weighted by Crippen LogP contribution is 2.57. The predicted molar refractivity (Wildman–Crippen MR) is 75.1 cm³/mol. The van der Waals surface area contributed by atoms with Crippen molar-refractivity contribution >= 4 is 19.8 Å². The van der Waals surface area contributed by atoms with Crippen LogP contribution >= 0.6 is 7.60 Å². The first-order valence-electron chi connectivity index (χ1n) is 6.47. The van der Waals surface area contributed by atoms with E-state index in [-0.39, 0.29) is 0 Å². The summed E-state index contributed by atoms with van der Waals surface area (Å²) in [5.41, 5.74) is 0. The maximum atomic E-state index is 12.4. The van der Waals surface area contributed by atoms with Gasteiger partial charge >= 0.3 is 19.8 Å². The van der Waals surface area contributed by atoms with Crippen LogP contribution in [-0.4, -0.2) is 51.8 Å². The largest absolute Gasteiger partial charge is 0.533 e. The molecule has 0 saturated heterocycles. The zero-order chi connectivity index (χ0) is 16.8. The highest BCUT2D eigenvalue weighted by molar-refractivity contribution is 7.58. The van der Waals surface area contributed by atoms with Gasteiger partial charge in [-0.15, -0.1) is 5.06 Å². The molecule has 0 aromatic rings. The maximum Gasteiger partial charge on any atom is 0.533 e. The molecule has 0 N–H and O–H groups in total. The molecule has 1 rings (SSSR count). The fourth-order valence-electron chi connectivity index (χ4n) is 2.05. The van der Waals surface area contributed by atoms with Crippen LogP contribution in [0.25, 0.3) is 0 Å². The molecule has 1 atom stereocenters. The molecule has 0 bridgehead atoms. The summed E-state index contributed by atoms with van der Waals surface area (Å²) in [4.78, 5) is 27.8. The van der Waals surface area contributed by atoms with Gasteiger partial charge in [-0.05, 0) is 25.3 Å². The Hall–Kier alpha value is -1.57. The second-order valence-electron chi connectivity index (χ2n) is 4.32. The van der Waals surface area contributed by atoms with Crippen LogP contribution in [0.1, 0.15) is 19.3 Å². The summed E-state index contributed by atoms with van der Waals surface area (Å²) in [7, 11) is 1.41. The van der Waals surface area contributed by atoms with Crippen molar-refractivity contribution in [2.24, 2.45) is 0 Å². The highest BCUT2D eigenvalue weighted by Gasteiger charge is 2.35. The molecule has 10 heteroatoms. The Morgan fingerprint density at radius 3 is 2.32 bits per heavy atom. The number of allylic oxidation sites excluding steroid dienone is 1. The Morgan fingerprint density at radius 2 is 1.82 bits per heavy atom. The molecule has 0 heterocycles. The van der Waals surface area contributed by atoms with Gasteiger partial charge in [0.1, 0.15) is 0 Å². The molecule has 1 aliphatic rings. The molecule has 1 aliphatic carbocycles. The smallest absolute Gasteiger partial charge is 0.451 e. The average Bonchev–Trinajstić information content (AvgIpc) is 2.57. The van der Waals surface area contributed by atoms with Crippen molar-refractivity contribution in [3.63, 3.8) is 0 Å². The molecule has 22 heavy (non-hydrogen) atoms. The van der Waals surface area contributed by atoms with E-state index in [1.54, 1.807) is 0 Å². The number of carbonyl (C=O) groups is 2. The van der Waals surface area contributed by atoms with Gasteiger partial charge in [0.05, 0.1) is 20.3 Å². The van der Waals surface area contributed by atoms with Crippen LogP contribution in [-0.2, 0) is 27.9 Å².